The summed E-state index contributed by atoms with van der Waals surface area (Å²) in [6.07, 6.45) is 4.99. The van der Waals surface area contributed by atoms with Gasteiger partial charge in [-0.1, -0.05) is 24.4 Å². The van der Waals surface area contributed by atoms with Gasteiger partial charge in [0.25, 0.3) is 0 Å². The van der Waals surface area contributed by atoms with Crippen LogP contribution in [0.15, 0.2) is 12.1 Å². The van der Waals surface area contributed by atoms with Gasteiger partial charge in [0, 0.05) is 12.6 Å². The second-order valence-electron chi connectivity index (χ2n) is 4.99. The number of hydrogen-bond donors (Lipinski definition) is 1. The first-order valence-electron chi connectivity index (χ1n) is 6.26. The third kappa shape index (κ3) is 1.94. The Labute approximate surface area is 110 Å². The van der Waals surface area contributed by atoms with E-state index < -0.39 is 5.82 Å². The summed E-state index contributed by atoms with van der Waals surface area (Å²) < 4.78 is 15.4. The lowest BCUT2D eigenvalue weighted by Gasteiger charge is -2.12. The van der Waals surface area contributed by atoms with Crippen LogP contribution in [-0.2, 0) is 6.54 Å². The molecule has 0 amide bonds. The van der Waals surface area contributed by atoms with Crippen molar-refractivity contribution < 1.29 is 4.39 Å². The van der Waals surface area contributed by atoms with Crippen LogP contribution in [-0.4, -0.2) is 9.55 Å². The number of nitrogens with zero attached hydrogens (tertiary/aromatic N) is 2. The molecule has 1 fully saturated rings. The number of nitrogens with two attached hydrogens (primary N) is 1. The number of nitrogen functional groups attached to an aromatic ring is 1. The summed E-state index contributed by atoms with van der Waals surface area (Å²) in [6, 6.07) is 2.96. The van der Waals surface area contributed by atoms with Crippen LogP contribution in [0.2, 0.25) is 5.02 Å². The SMILES string of the molecule is Nc1nc2cc(Cl)c(F)cc2n1CC1CCCC1. The molecule has 0 aliphatic heterocycles. The highest BCUT2D eigenvalue weighted by atomic mass is 35.5. The molecule has 3 nitrogen and oxygen atoms in total. The Kier molecular flexibility index (Phi) is 2.90. The average molecular weight is 268 g/mol. The Morgan fingerprint density at radius 3 is 2.83 bits per heavy atom. The van der Waals surface area contributed by atoms with E-state index in [0.29, 0.717) is 17.4 Å². The first-order chi connectivity index (χ1) is 8.65. The largest absolute Gasteiger partial charge is 0.369 e. The number of imidazole rings is 1. The summed E-state index contributed by atoms with van der Waals surface area (Å²) in [5, 5.41) is 0.0908. The zero-order valence-electron chi connectivity index (χ0n) is 10.00. The highest BCUT2D eigenvalue weighted by molar-refractivity contribution is 6.31. The molecule has 0 bridgehead atoms. The lowest BCUT2D eigenvalue weighted by molar-refractivity contribution is 0.467. The van der Waals surface area contributed by atoms with E-state index in [1.165, 1.54) is 37.8 Å². The van der Waals surface area contributed by atoms with Gasteiger partial charge in [0.05, 0.1) is 16.1 Å². The van der Waals surface area contributed by atoms with Crippen molar-refractivity contribution in [3.8, 4) is 0 Å². The zero-order chi connectivity index (χ0) is 12.7. The van der Waals surface area contributed by atoms with Crippen molar-refractivity contribution in [2.24, 2.45) is 5.92 Å². The van der Waals surface area contributed by atoms with Crippen molar-refractivity contribution in [3.63, 3.8) is 0 Å². The second kappa shape index (κ2) is 4.43. The smallest absolute Gasteiger partial charge is 0.201 e. The number of rotatable bonds is 2. The van der Waals surface area contributed by atoms with Crippen LogP contribution in [0.4, 0.5) is 10.3 Å². The van der Waals surface area contributed by atoms with E-state index in [4.69, 9.17) is 17.3 Å². The maximum Gasteiger partial charge on any atom is 0.201 e. The van der Waals surface area contributed by atoms with Gasteiger partial charge in [0.2, 0.25) is 5.95 Å². The molecule has 1 aliphatic carbocycles. The highest BCUT2D eigenvalue weighted by Gasteiger charge is 2.19. The van der Waals surface area contributed by atoms with E-state index in [1.807, 2.05) is 4.57 Å². The summed E-state index contributed by atoms with van der Waals surface area (Å²) in [6.45, 7) is 0.823. The third-order valence-corrected chi connectivity index (χ3v) is 4.02. The zero-order valence-corrected chi connectivity index (χ0v) is 10.8. The quantitative estimate of drug-likeness (QED) is 0.903. The van der Waals surface area contributed by atoms with Gasteiger partial charge in [-0.2, -0.15) is 0 Å². The predicted octanol–water partition coefficient (Wildman–Crippen LogP) is 3.60. The molecule has 1 aromatic carbocycles. The topological polar surface area (TPSA) is 43.8 Å². The van der Waals surface area contributed by atoms with E-state index in [9.17, 15) is 4.39 Å². The molecule has 1 saturated carbocycles. The number of benzene rings is 1. The van der Waals surface area contributed by atoms with Crippen molar-refractivity contribution in [1.29, 1.82) is 0 Å². The minimum Gasteiger partial charge on any atom is -0.369 e. The molecule has 2 aromatic rings. The molecule has 1 aromatic heterocycles. The van der Waals surface area contributed by atoms with E-state index in [1.54, 1.807) is 0 Å². The van der Waals surface area contributed by atoms with Crippen molar-refractivity contribution in [2.45, 2.75) is 32.2 Å². The van der Waals surface area contributed by atoms with E-state index in [-0.39, 0.29) is 5.02 Å². The van der Waals surface area contributed by atoms with Gasteiger partial charge in [-0.05, 0) is 24.8 Å². The molecule has 1 aliphatic rings. The highest BCUT2D eigenvalue weighted by Crippen LogP contribution is 2.30. The van der Waals surface area contributed by atoms with Gasteiger partial charge < -0.3 is 10.3 Å². The number of hydrogen-bond acceptors (Lipinski definition) is 2. The fourth-order valence-corrected chi connectivity index (χ4v) is 2.94. The van der Waals surface area contributed by atoms with Crippen LogP contribution in [0.1, 0.15) is 25.7 Å². The number of halogens is 2. The number of fused-ring (bicyclic) bond motifs is 1. The molecule has 3 rings (SSSR count). The van der Waals surface area contributed by atoms with Crippen molar-refractivity contribution in [3.05, 3.63) is 23.0 Å². The third-order valence-electron chi connectivity index (χ3n) is 3.74. The molecule has 0 radical (unpaired) electrons. The van der Waals surface area contributed by atoms with Crippen LogP contribution in [0.3, 0.4) is 0 Å². The minimum atomic E-state index is -0.420. The molecule has 2 N–H and O–H groups in total. The first-order valence-corrected chi connectivity index (χ1v) is 6.63. The minimum absolute atomic E-state index is 0.0908. The Balaban J connectivity index is 2.04. The van der Waals surface area contributed by atoms with Crippen LogP contribution in [0.25, 0.3) is 11.0 Å². The molecule has 0 unspecified atom stereocenters. The summed E-state index contributed by atoms with van der Waals surface area (Å²) in [5.74, 6) is 0.652. The normalized spacial score (nSPS) is 16.8. The second-order valence-corrected chi connectivity index (χ2v) is 5.39. The monoisotopic (exact) mass is 267 g/mol. The van der Waals surface area contributed by atoms with Crippen LogP contribution < -0.4 is 5.73 Å². The standard InChI is InChI=1S/C13H15ClFN3/c14-9-5-11-12(6-10(9)15)18(13(16)17-11)7-8-3-1-2-4-8/h5-6,8H,1-4,7H2,(H2,16,17). The molecular formula is C13H15ClFN3. The first kappa shape index (κ1) is 11.8. The van der Waals surface area contributed by atoms with E-state index >= 15 is 0 Å². The molecular weight excluding hydrogens is 253 g/mol. The van der Waals surface area contributed by atoms with E-state index in [0.717, 1.165) is 12.1 Å². The Hall–Kier alpha value is -1.29. The maximum atomic E-state index is 13.5. The molecule has 0 atom stereocenters. The van der Waals surface area contributed by atoms with Crippen LogP contribution in [0, 0.1) is 11.7 Å². The molecule has 96 valence electrons. The maximum absolute atomic E-state index is 13.5. The van der Waals surface area contributed by atoms with Gasteiger partial charge in [-0.3, -0.25) is 0 Å². The van der Waals surface area contributed by atoms with Gasteiger partial charge in [0.15, 0.2) is 0 Å². The Morgan fingerprint density at radius 2 is 2.11 bits per heavy atom. The summed E-state index contributed by atoms with van der Waals surface area (Å²) in [7, 11) is 0. The van der Waals surface area contributed by atoms with Crippen LogP contribution >= 0.6 is 11.6 Å². The lowest BCUT2D eigenvalue weighted by Crippen LogP contribution is -2.10. The molecule has 0 saturated heterocycles. The van der Waals surface area contributed by atoms with Crippen molar-refractivity contribution >= 4 is 28.6 Å². The summed E-state index contributed by atoms with van der Waals surface area (Å²) in [5.41, 5.74) is 7.32. The van der Waals surface area contributed by atoms with Gasteiger partial charge in [-0.25, -0.2) is 9.37 Å². The Bertz CT molecular complexity index is 587. The number of anilines is 1. The average Bonchev–Trinajstić information content (AvgIpc) is 2.92. The van der Waals surface area contributed by atoms with Crippen LogP contribution in [0.5, 0.6) is 0 Å². The molecule has 0 spiro atoms. The molecule has 5 heteroatoms. The predicted molar refractivity (Wildman–Crippen MR) is 71.1 cm³/mol. The molecule has 1 heterocycles. The van der Waals surface area contributed by atoms with Crippen molar-refractivity contribution in [1.82, 2.24) is 9.55 Å². The van der Waals surface area contributed by atoms with Gasteiger partial charge >= 0.3 is 0 Å². The Morgan fingerprint density at radius 1 is 1.39 bits per heavy atom. The lowest BCUT2D eigenvalue weighted by atomic mass is 10.1. The fourth-order valence-electron chi connectivity index (χ4n) is 2.78. The fraction of sp³-hybridized carbons (Fsp3) is 0.462. The molecule has 18 heavy (non-hydrogen) atoms. The van der Waals surface area contributed by atoms with Gasteiger partial charge in [0.1, 0.15) is 5.82 Å². The van der Waals surface area contributed by atoms with Crippen molar-refractivity contribution in [2.75, 3.05) is 5.73 Å². The summed E-state index contributed by atoms with van der Waals surface area (Å²) in [4.78, 5) is 4.25. The summed E-state index contributed by atoms with van der Waals surface area (Å²) >= 11 is 5.75. The number of aromatic nitrogens is 2. The van der Waals surface area contributed by atoms with Gasteiger partial charge in [-0.15, -0.1) is 0 Å². The van der Waals surface area contributed by atoms with E-state index in [2.05, 4.69) is 4.98 Å².